The summed E-state index contributed by atoms with van der Waals surface area (Å²) in [5, 5.41) is 0. The van der Waals surface area contributed by atoms with Gasteiger partial charge in [0.25, 0.3) is 0 Å². The van der Waals surface area contributed by atoms with Gasteiger partial charge >= 0.3 is 0 Å². The topological polar surface area (TPSA) is 17.1 Å². The molecule has 2 aromatic rings. The van der Waals surface area contributed by atoms with E-state index in [-0.39, 0.29) is 0 Å². The van der Waals surface area contributed by atoms with Crippen LogP contribution in [0.25, 0.3) is 11.1 Å². The lowest BCUT2D eigenvalue weighted by Gasteiger charge is -2.08. The number of carbonyl (C=O) groups is 1. The number of hydrogen-bond acceptors (Lipinski definition) is 1. The van der Waals surface area contributed by atoms with Crippen LogP contribution in [0.3, 0.4) is 0 Å². The molecule has 162 valence electrons. The molecule has 1 aliphatic rings. The Morgan fingerprint density at radius 3 is 1.90 bits per heavy atom. The second kappa shape index (κ2) is 12.7. The van der Waals surface area contributed by atoms with E-state index >= 15 is 0 Å². The van der Waals surface area contributed by atoms with Crippen LogP contribution in [-0.2, 0) is 6.42 Å². The summed E-state index contributed by atoms with van der Waals surface area (Å²) >= 11 is 0. The molecule has 0 spiro atoms. The van der Waals surface area contributed by atoms with Crippen LogP contribution in [0.15, 0.2) is 42.5 Å². The molecule has 0 N–H and O–H groups in total. The summed E-state index contributed by atoms with van der Waals surface area (Å²) in [5.41, 5.74) is 6.14. The predicted octanol–water partition coefficient (Wildman–Crippen LogP) is 8.92. The second-order valence-corrected chi connectivity index (χ2v) is 9.08. The minimum atomic E-state index is 0.336. The first-order valence-corrected chi connectivity index (χ1v) is 12.5. The summed E-state index contributed by atoms with van der Waals surface area (Å²) in [4.78, 5) is 12.9. The Kier molecular flexibility index (Phi) is 9.67. The lowest BCUT2D eigenvalue weighted by atomic mass is 9.95. The molecule has 0 heterocycles. The van der Waals surface area contributed by atoms with Gasteiger partial charge in [0.1, 0.15) is 0 Å². The van der Waals surface area contributed by atoms with Gasteiger partial charge in [-0.2, -0.15) is 0 Å². The smallest absolute Gasteiger partial charge is 0.163 e. The van der Waals surface area contributed by atoms with E-state index in [1.807, 2.05) is 6.07 Å². The van der Waals surface area contributed by atoms with Gasteiger partial charge in [-0.05, 0) is 35.1 Å². The highest BCUT2D eigenvalue weighted by atomic mass is 16.1. The zero-order chi connectivity index (χ0) is 21.0. The number of Topliss-reactive ketones (excluding diaryl/α,β-unsaturated/α-hetero) is 1. The fraction of sp³-hybridized carbons (Fsp3) is 0.552. The van der Waals surface area contributed by atoms with Gasteiger partial charge in [-0.25, -0.2) is 0 Å². The molecule has 0 saturated carbocycles. The van der Waals surface area contributed by atoms with Crippen molar-refractivity contribution in [1.82, 2.24) is 0 Å². The first kappa shape index (κ1) is 22.8. The summed E-state index contributed by atoms with van der Waals surface area (Å²) in [6.45, 7) is 2.28. The fourth-order valence-corrected chi connectivity index (χ4v) is 4.86. The molecular weight excluding hydrogens is 364 g/mol. The third kappa shape index (κ3) is 6.56. The van der Waals surface area contributed by atoms with Crippen molar-refractivity contribution in [1.29, 1.82) is 0 Å². The third-order valence-electron chi connectivity index (χ3n) is 6.66. The molecule has 0 amide bonds. The largest absolute Gasteiger partial charge is 0.294 e. The van der Waals surface area contributed by atoms with Crippen molar-refractivity contribution in [3.8, 4) is 11.1 Å². The Morgan fingerprint density at radius 1 is 0.667 bits per heavy atom. The van der Waals surface area contributed by atoms with Crippen molar-refractivity contribution in [3.63, 3.8) is 0 Å². The summed E-state index contributed by atoms with van der Waals surface area (Å²) in [5.74, 6) is 0.336. The normalized spacial score (nSPS) is 12.0. The third-order valence-corrected chi connectivity index (χ3v) is 6.66. The fourth-order valence-electron chi connectivity index (χ4n) is 4.86. The molecule has 0 fully saturated rings. The molecule has 1 heteroatoms. The van der Waals surface area contributed by atoms with Gasteiger partial charge < -0.3 is 0 Å². The highest BCUT2D eigenvalue weighted by molar-refractivity contribution is 6.00. The van der Waals surface area contributed by atoms with Crippen molar-refractivity contribution >= 4 is 5.78 Å². The van der Waals surface area contributed by atoms with Crippen molar-refractivity contribution < 1.29 is 4.79 Å². The molecule has 0 unspecified atom stereocenters. The molecule has 30 heavy (non-hydrogen) atoms. The minimum Gasteiger partial charge on any atom is -0.294 e. The van der Waals surface area contributed by atoms with Gasteiger partial charge in [0, 0.05) is 12.0 Å². The highest BCUT2D eigenvalue weighted by Gasteiger charge is 2.22. The molecule has 0 saturated heterocycles. The van der Waals surface area contributed by atoms with E-state index in [4.69, 9.17) is 0 Å². The molecule has 0 aromatic heterocycles. The zero-order valence-corrected chi connectivity index (χ0v) is 19.1. The van der Waals surface area contributed by atoms with E-state index in [1.54, 1.807) is 0 Å². The Morgan fingerprint density at radius 2 is 1.23 bits per heavy atom. The van der Waals surface area contributed by atoms with Crippen molar-refractivity contribution in [2.24, 2.45) is 0 Å². The van der Waals surface area contributed by atoms with E-state index in [9.17, 15) is 4.79 Å². The number of hydrogen-bond donors (Lipinski definition) is 0. The summed E-state index contributed by atoms with van der Waals surface area (Å²) in [7, 11) is 0. The number of carbonyl (C=O) groups excluding carboxylic acids is 1. The van der Waals surface area contributed by atoms with E-state index in [2.05, 4.69) is 43.3 Å². The molecule has 1 nitrogen and oxygen atoms in total. The lowest BCUT2D eigenvalue weighted by molar-refractivity contribution is 0.0978. The Balaban J connectivity index is 1.28. The Bertz CT molecular complexity index is 789. The number of benzene rings is 2. The second-order valence-electron chi connectivity index (χ2n) is 9.08. The zero-order valence-electron chi connectivity index (χ0n) is 19.1. The van der Waals surface area contributed by atoms with Crippen LogP contribution >= 0.6 is 0 Å². The maximum Gasteiger partial charge on any atom is 0.163 e. The monoisotopic (exact) mass is 404 g/mol. The summed E-state index contributed by atoms with van der Waals surface area (Å²) < 4.78 is 0. The average molecular weight is 405 g/mol. The van der Waals surface area contributed by atoms with Crippen LogP contribution in [0.5, 0.6) is 0 Å². The molecule has 0 atom stereocenters. The lowest BCUT2D eigenvalue weighted by Crippen LogP contribution is -2.03. The maximum absolute atomic E-state index is 12.9. The molecular formula is C29H40O. The average Bonchev–Trinajstić information content (AvgIpc) is 3.15. The van der Waals surface area contributed by atoms with Crippen LogP contribution in [0.1, 0.15) is 118 Å². The van der Waals surface area contributed by atoms with Gasteiger partial charge in [-0.3, -0.25) is 4.79 Å². The molecule has 2 aromatic carbocycles. The quantitative estimate of drug-likeness (QED) is 0.182. The van der Waals surface area contributed by atoms with Crippen LogP contribution in [-0.4, -0.2) is 5.78 Å². The van der Waals surface area contributed by atoms with Gasteiger partial charge in [0.05, 0.1) is 0 Å². The highest BCUT2D eigenvalue weighted by Crippen LogP contribution is 2.38. The van der Waals surface area contributed by atoms with Crippen LogP contribution in [0, 0.1) is 0 Å². The molecule has 0 radical (unpaired) electrons. The number of ketones is 1. The summed E-state index contributed by atoms with van der Waals surface area (Å²) in [6.07, 6.45) is 19.1. The summed E-state index contributed by atoms with van der Waals surface area (Å²) in [6, 6.07) is 14.8. The first-order chi connectivity index (χ1) is 14.8. The van der Waals surface area contributed by atoms with Crippen molar-refractivity contribution in [2.45, 2.75) is 103 Å². The number of fused-ring (bicyclic) bond motifs is 3. The standard InChI is InChI=1S/C29H40O/c1-2-3-4-5-6-7-8-9-10-11-12-13-14-22-29(30)27-21-17-20-26-25-19-16-15-18-24(25)23-28(26)27/h15-21H,2-14,22-23H2,1H3. The van der Waals surface area contributed by atoms with Crippen molar-refractivity contribution in [2.75, 3.05) is 0 Å². The van der Waals surface area contributed by atoms with Crippen molar-refractivity contribution in [3.05, 3.63) is 59.2 Å². The van der Waals surface area contributed by atoms with E-state index in [0.717, 1.165) is 18.4 Å². The molecule has 0 aliphatic heterocycles. The minimum absolute atomic E-state index is 0.336. The van der Waals surface area contributed by atoms with Crippen LogP contribution in [0.2, 0.25) is 0 Å². The molecule has 1 aliphatic carbocycles. The first-order valence-electron chi connectivity index (χ1n) is 12.5. The van der Waals surface area contributed by atoms with E-state index in [1.165, 1.54) is 99.3 Å². The van der Waals surface area contributed by atoms with Gasteiger partial charge in [-0.15, -0.1) is 0 Å². The SMILES string of the molecule is CCCCCCCCCCCCCCCC(=O)c1cccc2c1Cc1ccccc1-2. The Hall–Kier alpha value is -1.89. The predicted molar refractivity (Wildman–Crippen MR) is 129 cm³/mol. The molecule has 3 rings (SSSR count). The van der Waals surface area contributed by atoms with Crippen LogP contribution < -0.4 is 0 Å². The van der Waals surface area contributed by atoms with E-state index < -0.39 is 0 Å². The number of unbranched alkanes of at least 4 members (excludes halogenated alkanes) is 12. The van der Waals surface area contributed by atoms with Gasteiger partial charge in [0.2, 0.25) is 0 Å². The van der Waals surface area contributed by atoms with Gasteiger partial charge in [0.15, 0.2) is 5.78 Å². The molecule has 0 bridgehead atoms. The number of rotatable bonds is 15. The maximum atomic E-state index is 12.9. The van der Waals surface area contributed by atoms with Gasteiger partial charge in [-0.1, -0.05) is 126 Å². The van der Waals surface area contributed by atoms with Crippen LogP contribution in [0.4, 0.5) is 0 Å². The Labute approximate surface area is 184 Å². The van der Waals surface area contributed by atoms with E-state index in [0.29, 0.717) is 12.2 Å².